The zero-order valence-corrected chi connectivity index (χ0v) is 17.2. The average molecular weight is 472 g/mol. The van der Waals surface area contributed by atoms with Gasteiger partial charge in [-0.1, -0.05) is 18.2 Å². The Morgan fingerprint density at radius 3 is 2.67 bits per heavy atom. The van der Waals surface area contributed by atoms with Gasteiger partial charge < -0.3 is 10.1 Å². The SMILES string of the molecule is Cc1nc(NCc2cccc(C(F)F)c2F)c2cn(C3(C(F)(F)F)CCOC3)c(=O)cc2n1. The first kappa shape index (κ1) is 23.0. The molecule has 1 N–H and O–H groups in total. The van der Waals surface area contributed by atoms with E-state index in [4.69, 9.17) is 4.74 Å². The summed E-state index contributed by atoms with van der Waals surface area (Å²) in [6.45, 7) is 0.350. The number of aryl methyl sites for hydroxylation is 1. The maximum Gasteiger partial charge on any atom is 0.414 e. The summed E-state index contributed by atoms with van der Waals surface area (Å²) in [6, 6.07) is 4.51. The van der Waals surface area contributed by atoms with Gasteiger partial charge in [0.1, 0.15) is 17.5 Å². The van der Waals surface area contributed by atoms with Crippen LogP contribution in [0.4, 0.5) is 32.2 Å². The Bertz CT molecular complexity index is 1250. The minimum atomic E-state index is -4.76. The number of hydrogen-bond acceptors (Lipinski definition) is 5. The minimum absolute atomic E-state index is 0.0318. The number of nitrogens with zero attached hydrogens (tertiary/aromatic N) is 3. The monoisotopic (exact) mass is 472 g/mol. The lowest BCUT2D eigenvalue weighted by atomic mass is 9.97. The second kappa shape index (κ2) is 8.32. The molecule has 3 heterocycles. The van der Waals surface area contributed by atoms with Crippen LogP contribution in [0, 0.1) is 12.7 Å². The summed E-state index contributed by atoms with van der Waals surface area (Å²) in [5, 5.41) is 2.86. The van der Waals surface area contributed by atoms with Crippen LogP contribution >= 0.6 is 0 Å². The summed E-state index contributed by atoms with van der Waals surface area (Å²) >= 11 is 0. The third-order valence-corrected chi connectivity index (χ3v) is 5.62. The Morgan fingerprint density at radius 1 is 1.27 bits per heavy atom. The average Bonchev–Trinajstić information content (AvgIpc) is 3.23. The van der Waals surface area contributed by atoms with E-state index >= 15 is 0 Å². The molecule has 0 aliphatic carbocycles. The predicted molar refractivity (Wildman–Crippen MR) is 107 cm³/mol. The highest BCUT2D eigenvalue weighted by atomic mass is 19.4. The van der Waals surface area contributed by atoms with Gasteiger partial charge >= 0.3 is 6.18 Å². The summed E-state index contributed by atoms with van der Waals surface area (Å²) in [6.07, 6.45) is -7.20. The van der Waals surface area contributed by atoms with E-state index in [-0.39, 0.29) is 41.3 Å². The molecule has 1 atom stereocenters. The predicted octanol–water partition coefficient (Wildman–Crippen LogP) is 4.47. The standard InChI is InChI=1S/C21H18F6N4O2/c1-11-29-15-7-16(32)31(20(21(25,26)27)5-6-33-10-20)9-14(15)19(30-11)28-8-12-3-2-4-13(17(12)22)18(23)24/h2-4,7,9,18H,5-6,8,10H2,1H3,(H,28,29,30). The van der Waals surface area contributed by atoms with Crippen molar-refractivity contribution < 1.29 is 31.1 Å². The normalized spacial score (nSPS) is 18.9. The van der Waals surface area contributed by atoms with E-state index < -0.39 is 48.1 Å². The van der Waals surface area contributed by atoms with Crippen LogP contribution in [0.25, 0.3) is 10.9 Å². The van der Waals surface area contributed by atoms with Gasteiger partial charge in [0.05, 0.1) is 23.1 Å². The number of nitrogens with one attached hydrogen (secondary N) is 1. The number of ether oxygens (including phenoxy) is 1. The molecule has 1 aliphatic rings. The number of pyridine rings is 1. The summed E-state index contributed by atoms with van der Waals surface area (Å²) in [7, 11) is 0. The zero-order valence-electron chi connectivity index (χ0n) is 17.2. The molecule has 0 amide bonds. The van der Waals surface area contributed by atoms with Crippen LogP contribution in [0.15, 0.2) is 35.3 Å². The molecule has 1 saturated heterocycles. The summed E-state index contributed by atoms with van der Waals surface area (Å²) in [5.74, 6) is -0.853. The van der Waals surface area contributed by atoms with E-state index in [2.05, 4.69) is 15.3 Å². The molecule has 33 heavy (non-hydrogen) atoms. The highest BCUT2D eigenvalue weighted by molar-refractivity contribution is 5.88. The molecule has 3 aromatic rings. The molecule has 6 nitrogen and oxygen atoms in total. The van der Waals surface area contributed by atoms with Crippen LogP contribution in [0.5, 0.6) is 0 Å². The van der Waals surface area contributed by atoms with Gasteiger partial charge in [-0.2, -0.15) is 13.2 Å². The molecular weight excluding hydrogens is 454 g/mol. The zero-order chi connectivity index (χ0) is 24.0. The van der Waals surface area contributed by atoms with Crippen LogP contribution < -0.4 is 10.9 Å². The number of aromatic nitrogens is 3. The summed E-state index contributed by atoms with van der Waals surface area (Å²) in [5.41, 5.74) is -4.21. The molecule has 12 heteroatoms. The highest BCUT2D eigenvalue weighted by Gasteiger charge is 2.59. The van der Waals surface area contributed by atoms with E-state index in [9.17, 15) is 31.1 Å². The van der Waals surface area contributed by atoms with Crippen molar-refractivity contribution in [1.29, 1.82) is 0 Å². The smallest absolute Gasteiger partial charge is 0.379 e. The third kappa shape index (κ3) is 4.03. The molecule has 1 aromatic carbocycles. The van der Waals surface area contributed by atoms with Gasteiger partial charge in [-0.05, 0) is 6.92 Å². The van der Waals surface area contributed by atoms with Crippen molar-refractivity contribution in [3.63, 3.8) is 0 Å². The fraction of sp³-hybridized carbons (Fsp3) is 0.381. The van der Waals surface area contributed by atoms with Gasteiger partial charge in [-0.15, -0.1) is 0 Å². The van der Waals surface area contributed by atoms with Crippen LogP contribution in [-0.4, -0.2) is 33.9 Å². The molecule has 2 aromatic heterocycles. The number of alkyl halides is 5. The lowest BCUT2D eigenvalue weighted by molar-refractivity contribution is -0.214. The van der Waals surface area contributed by atoms with Crippen molar-refractivity contribution in [2.24, 2.45) is 0 Å². The fourth-order valence-corrected chi connectivity index (χ4v) is 3.88. The molecule has 0 bridgehead atoms. The van der Waals surface area contributed by atoms with Gasteiger partial charge in [0.15, 0.2) is 5.54 Å². The maximum absolute atomic E-state index is 14.4. The molecule has 0 radical (unpaired) electrons. The quantitative estimate of drug-likeness (QED) is 0.556. The Hall–Kier alpha value is -3.15. The minimum Gasteiger partial charge on any atom is -0.379 e. The Kier molecular flexibility index (Phi) is 5.81. The van der Waals surface area contributed by atoms with Crippen molar-refractivity contribution in [2.75, 3.05) is 18.5 Å². The lowest BCUT2D eigenvalue weighted by Crippen LogP contribution is -2.52. The van der Waals surface area contributed by atoms with E-state index in [0.717, 1.165) is 18.3 Å². The van der Waals surface area contributed by atoms with Crippen molar-refractivity contribution >= 4 is 16.7 Å². The molecule has 176 valence electrons. The first-order valence-corrected chi connectivity index (χ1v) is 9.89. The number of hydrogen-bond donors (Lipinski definition) is 1. The molecule has 1 unspecified atom stereocenters. The van der Waals surface area contributed by atoms with Gasteiger partial charge in [-0.3, -0.25) is 9.36 Å². The molecule has 0 saturated carbocycles. The second-order valence-corrected chi connectivity index (χ2v) is 7.71. The van der Waals surface area contributed by atoms with Gasteiger partial charge in [0.25, 0.3) is 12.0 Å². The third-order valence-electron chi connectivity index (χ3n) is 5.62. The van der Waals surface area contributed by atoms with E-state index in [1.54, 1.807) is 0 Å². The molecule has 4 rings (SSSR count). The maximum atomic E-state index is 14.4. The second-order valence-electron chi connectivity index (χ2n) is 7.71. The van der Waals surface area contributed by atoms with Crippen LogP contribution in [-0.2, 0) is 16.8 Å². The molecule has 0 spiro atoms. The number of rotatable bonds is 5. The van der Waals surface area contributed by atoms with Crippen molar-refractivity contribution in [2.45, 2.75) is 38.0 Å². The van der Waals surface area contributed by atoms with Gasteiger partial charge in [0.2, 0.25) is 0 Å². The first-order chi connectivity index (χ1) is 15.5. The lowest BCUT2D eigenvalue weighted by Gasteiger charge is -2.32. The molecule has 1 fully saturated rings. The van der Waals surface area contributed by atoms with Crippen LogP contribution in [0.3, 0.4) is 0 Å². The van der Waals surface area contributed by atoms with Crippen LogP contribution in [0.2, 0.25) is 0 Å². The van der Waals surface area contributed by atoms with Crippen molar-refractivity contribution in [3.05, 3.63) is 63.6 Å². The topological polar surface area (TPSA) is 69.0 Å². The largest absolute Gasteiger partial charge is 0.414 e. The van der Waals surface area contributed by atoms with E-state index in [1.165, 1.54) is 19.1 Å². The number of anilines is 1. The molecular formula is C21H18F6N4O2. The Labute approximate surface area is 183 Å². The van der Waals surface area contributed by atoms with E-state index in [0.29, 0.717) is 4.57 Å². The van der Waals surface area contributed by atoms with E-state index in [1.807, 2.05) is 0 Å². The highest BCUT2D eigenvalue weighted by Crippen LogP contribution is 2.42. The first-order valence-electron chi connectivity index (χ1n) is 9.89. The Balaban J connectivity index is 1.79. The fourth-order valence-electron chi connectivity index (χ4n) is 3.88. The Morgan fingerprint density at radius 2 is 2.03 bits per heavy atom. The van der Waals surface area contributed by atoms with Crippen LogP contribution in [0.1, 0.15) is 29.8 Å². The summed E-state index contributed by atoms with van der Waals surface area (Å²) in [4.78, 5) is 20.9. The van der Waals surface area contributed by atoms with Gasteiger partial charge in [-0.25, -0.2) is 23.1 Å². The molecule has 1 aliphatic heterocycles. The number of halogens is 6. The number of benzene rings is 1. The van der Waals surface area contributed by atoms with Gasteiger partial charge in [0, 0.05) is 37.4 Å². The number of fused-ring (bicyclic) bond motifs is 1. The summed E-state index contributed by atoms with van der Waals surface area (Å²) < 4.78 is 87.8. The van der Waals surface area contributed by atoms with Crippen molar-refractivity contribution in [1.82, 2.24) is 14.5 Å². The van der Waals surface area contributed by atoms with Crippen molar-refractivity contribution in [3.8, 4) is 0 Å².